The number of aryl methyl sites for hydroxylation is 3. The number of aromatic nitrogens is 3. The zero-order valence-electron chi connectivity index (χ0n) is 17.9. The second-order valence-electron chi connectivity index (χ2n) is 8.95. The highest BCUT2D eigenvalue weighted by molar-refractivity contribution is 5.87. The van der Waals surface area contributed by atoms with E-state index in [-0.39, 0.29) is 5.56 Å². The third-order valence-corrected chi connectivity index (χ3v) is 7.08. The van der Waals surface area contributed by atoms with Crippen molar-refractivity contribution in [3.05, 3.63) is 94.3 Å². The molecule has 31 heavy (non-hydrogen) atoms. The van der Waals surface area contributed by atoms with Crippen molar-refractivity contribution in [2.75, 3.05) is 13.1 Å². The Morgan fingerprint density at radius 1 is 1.13 bits per heavy atom. The first-order chi connectivity index (χ1) is 15.2. The summed E-state index contributed by atoms with van der Waals surface area (Å²) in [6.45, 7) is 4.24. The highest BCUT2D eigenvalue weighted by atomic mass is 16.1. The number of nitrogens with zero attached hydrogens (tertiary/aromatic N) is 4. The fourth-order valence-electron chi connectivity index (χ4n) is 5.51. The predicted octanol–water partition coefficient (Wildman–Crippen LogP) is 3.16. The van der Waals surface area contributed by atoms with Gasteiger partial charge in [-0.2, -0.15) is 4.57 Å². The average molecular weight is 412 g/mol. The van der Waals surface area contributed by atoms with Gasteiger partial charge in [0.05, 0.1) is 17.4 Å². The molecular weight excluding hydrogens is 384 g/mol. The number of fused-ring (bicyclic) bond motifs is 6. The molecule has 1 fully saturated rings. The summed E-state index contributed by atoms with van der Waals surface area (Å²) < 4.78 is 6.10. The monoisotopic (exact) mass is 411 g/mol. The van der Waals surface area contributed by atoms with Crippen molar-refractivity contribution in [1.82, 2.24) is 14.0 Å². The molecule has 1 saturated heterocycles. The van der Waals surface area contributed by atoms with Gasteiger partial charge < -0.3 is 4.57 Å². The standard InChI is InChI=1S/C26H27N4O/c1-27-24-15-21(7-8-22(24)23-17-29-12-10-20(16-29)26(23)27)30-14-13-28(18-25(30)31)11-9-19-5-3-2-4-6-19/h2-8,13-15,18,20H,9-12,16-17H2,1H3/q+1. The minimum absolute atomic E-state index is 0.000878. The summed E-state index contributed by atoms with van der Waals surface area (Å²) in [4.78, 5) is 15.5. The Kier molecular flexibility index (Phi) is 4.32. The lowest BCUT2D eigenvalue weighted by atomic mass is 9.97. The van der Waals surface area contributed by atoms with Gasteiger partial charge in [0.2, 0.25) is 6.20 Å². The molecule has 0 aliphatic carbocycles. The van der Waals surface area contributed by atoms with Gasteiger partial charge in [-0.25, -0.2) is 0 Å². The quantitative estimate of drug-likeness (QED) is 0.484. The van der Waals surface area contributed by atoms with Crippen LogP contribution < -0.4 is 10.1 Å². The van der Waals surface area contributed by atoms with Crippen LogP contribution in [0.2, 0.25) is 0 Å². The van der Waals surface area contributed by atoms with Crippen molar-refractivity contribution >= 4 is 10.9 Å². The van der Waals surface area contributed by atoms with Crippen LogP contribution in [0, 0.1) is 0 Å². The summed E-state index contributed by atoms with van der Waals surface area (Å²) in [5.74, 6) is 0.646. The van der Waals surface area contributed by atoms with Crippen molar-refractivity contribution in [2.45, 2.75) is 31.8 Å². The van der Waals surface area contributed by atoms with Crippen molar-refractivity contribution < 1.29 is 4.57 Å². The normalized spacial score (nSPS) is 19.6. The van der Waals surface area contributed by atoms with Crippen LogP contribution in [0.3, 0.4) is 0 Å². The van der Waals surface area contributed by atoms with Gasteiger partial charge in [-0.15, -0.1) is 0 Å². The molecule has 5 heteroatoms. The summed E-state index contributed by atoms with van der Waals surface area (Å²) in [6.07, 6.45) is 7.76. The van der Waals surface area contributed by atoms with E-state index in [0.29, 0.717) is 5.92 Å². The Balaban J connectivity index is 1.32. The van der Waals surface area contributed by atoms with Crippen LogP contribution in [0.25, 0.3) is 16.6 Å². The van der Waals surface area contributed by atoms with Crippen LogP contribution >= 0.6 is 0 Å². The first kappa shape index (κ1) is 18.6. The average Bonchev–Trinajstić information content (AvgIpc) is 3.31. The largest absolute Gasteiger partial charge is 0.347 e. The molecule has 156 valence electrons. The third kappa shape index (κ3) is 3.12. The van der Waals surface area contributed by atoms with Crippen LogP contribution in [0.5, 0.6) is 0 Å². The topological polar surface area (TPSA) is 34.0 Å². The highest BCUT2D eigenvalue weighted by Crippen LogP contribution is 2.41. The van der Waals surface area contributed by atoms with Crippen LogP contribution in [0.1, 0.15) is 29.2 Å². The second-order valence-corrected chi connectivity index (χ2v) is 8.95. The number of hydrogen-bond donors (Lipinski definition) is 0. The van der Waals surface area contributed by atoms with Gasteiger partial charge in [0.25, 0.3) is 0 Å². The molecule has 2 aliphatic rings. The lowest BCUT2D eigenvalue weighted by Crippen LogP contribution is -2.40. The molecule has 5 nitrogen and oxygen atoms in total. The van der Waals surface area contributed by atoms with Crippen LogP contribution in [-0.4, -0.2) is 27.1 Å². The van der Waals surface area contributed by atoms with Gasteiger partial charge in [-0.1, -0.05) is 36.4 Å². The van der Waals surface area contributed by atoms with Crippen molar-refractivity contribution in [1.29, 1.82) is 0 Å². The minimum atomic E-state index is -0.000878. The number of benzene rings is 2. The molecule has 4 heterocycles. The smallest absolute Gasteiger partial charge is 0.319 e. The molecule has 2 atom stereocenters. The first-order valence-corrected chi connectivity index (χ1v) is 11.2. The molecule has 0 spiro atoms. The van der Waals surface area contributed by atoms with Gasteiger partial charge in [-0.05, 0) is 36.2 Å². The maximum atomic E-state index is 12.9. The summed E-state index contributed by atoms with van der Waals surface area (Å²) >= 11 is 0. The fraction of sp³-hybridized carbons (Fsp3) is 0.308. The van der Waals surface area contributed by atoms with Gasteiger partial charge in [0, 0.05) is 43.6 Å². The van der Waals surface area contributed by atoms with E-state index in [9.17, 15) is 4.79 Å². The van der Waals surface area contributed by atoms with E-state index in [1.54, 1.807) is 10.8 Å². The van der Waals surface area contributed by atoms with E-state index in [2.05, 4.69) is 59.0 Å². The Morgan fingerprint density at radius 3 is 2.84 bits per heavy atom. The zero-order valence-corrected chi connectivity index (χ0v) is 17.9. The lowest BCUT2D eigenvalue weighted by molar-refractivity contribution is -0.697. The number of hydrogen-bond acceptors (Lipinski definition) is 2. The van der Waals surface area contributed by atoms with E-state index in [4.69, 9.17) is 0 Å². The molecule has 0 amide bonds. The molecule has 2 unspecified atom stereocenters. The SMILES string of the molecule is Cn1c2c(c3ccc(-n4cc[n+](CCc5ccccc5)cc4=O)cc31)CN1CCC2C1. The van der Waals surface area contributed by atoms with Crippen LogP contribution in [-0.2, 0) is 26.6 Å². The third-order valence-electron chi connectivity index (χ3n) is 7.08. The minimum Gasteiger partial charge on any atom is -0.347 e. The van der Waals surface area contributed by atoms with Crippen molar-refractivity contribution in [2.24, 2.45) is 7.05 Å². The van der Waals surface area contributed by atoms with Gasteiger partial charge in [-0.3, -0.25) is 14.3 Å². The van der Waals surface area contributed by atoms with E-state index in [1.807, 2.05) is 23.0 Å². The highest BCUT2D eigenvalue weighted by Gasteiger charge is 2.34. The van der Waals surface area contributed by atoms with Crippen LogP contribution in [0.15, 0.2) is 71.9 Å². The summed E-state index contributed by atoms with van der Waals surface area (Å²) in [6, 6.07) is 16.9. The molecule has 2 bridgehead atoms. The maximum Gasteiger partial charge on any atom is 0.319 e. The zero-order chi connectivity index (χ0) is 20.9. The van der Waals surface area contributed by atoms with E-state index in [0.717, 1.165) is 25.2 Å². The Hall–Kier alpha value is -3.18. The van der Waals surface area contributed by atoms with Gasteiger partial charge in [0.1, 0.15) is 0 Å². The Bertz CT molecular complexity index is 1340. The molecule has 2 aromatic carbocycles. The molecule has 2 aliphatic heterocycles. The molecule has 6 rings (SSSR count). The fourth-order valence-corrected chi connectivity index (χ4v) is 5.51. The molecule has 0 N–H and O–H groups in total. The molecule has 2 aromatic heterocycles. The number of rotatable bonds is 4. The molecule has 4 aromatic rings. The summed E-state index contributed by atoms with van der Waals surface area (Å²) in [5.41, 5.74) is 6.42. The van der Waals surface area contributed by atoms with Gasteiger partial charge in [0.15, 0.2) is 12.7 Å². The maximum absolute atomic E-state index is 12.9. The van der Waals surface area contributed by atoms with Crippen LogP contribution in [0.4, 0.5) is 0 Å². The van der Waals surface area contributed by atoms with E-state index < -0.39 is 0 Å². The van der Waals surface area contributed by atoms with Gasteiger partial charge >= 0.3 is 5.56 Å². The Labute approximate surface area is 181 Å². The summed E-state index contributed by atoms with van der Waals surface area (Å²) in [5, 5.41) is 1.33. The lowest BCUT2D eigenvalue weighted by Gasteiger charge is -2.23. The molecular formula is C26H27N4O+. The second kappa shape index (κ2) is 7.20. The van der Waals surface area contributed by atoms with E-state index in [1.165, 1.54) is 47.2 Å². The summed E-state index contributed by atoms with van der Waals surface area (Å²) in [7, 11) is 2.18. The first-order valence-electron chi connectivity index (χ1n) is 11.2. The van der Waals surface area contributed by atoms with Crippen molar-refractivity contribution in [3.8, 4) is 5.69 Å². The molecule has 0 radical (unpaired) electrons. The predicted molar refractivity (Wildman–Crippen MR) is 121 cm³/mol. The Morgan fingerprint density at radius 2 is 2.00 bits per heavy atom. The van der Waals surface area contributed by atoms with Crippen molar-refractivity contribution in [3.63, 3.8) is 0 Å². The molecule has 0 saturated carbocycles. The van der Waals surface area contributed by atoms with E-state index >= 15 is 0 Å².